The van der Waals surface area contributed by atoms with Crippen LogP contribution in [0.1, 0.15) is 21.8 Å². The minimum atomic E-state index is -3.10. The summed E-state index contributed by atoms with van der Waals surface area (Å²) in [6, 6.07) is 6.99. The van der Waals surface area contributed by atoms with E-state index in [-0.39, 0.29) is 23.5 Å². The molecule has 146 valence electrons. The van der Waals surface area contributed by atoms with Gasteiger partial charge in [0.05, 0.1) is 23.8 Å². The first-order valence-electron chi connectivity index (χ1n) is 8.54. The molecule has 2 heterocycles. The number of ether oxygens (including phenoxy) is 1. The van der Waals surface area contributed by atoms with Crippen molar-refractivity contribution in [2.45, 2.75) is 19.4 Å². The van der Waals surface area contributed by atoms with Crippen molar-refractivity contribution in [2.75, 3.05) is 31.8 Å². The summed E-state index contributed by atoms with van der Waals surface area (Å²) in [6.45, 7) is 2.48. The van der Waals surface area contributed by atoms with Crippen LogP contribution >= 0.6 is 22.9 Å². The van der Waals surface area contributed by atoms with E-state index in [4.69, 9.17) is 16.3 Å². The van der Waals surface area contributed by atoms with Crippen LogP contribution in [0.25, 0.3) is 10.6 Å². The van der Waals surface area contributed by atoms with Crippen molar-refractivity contribution >= 4 is 38.7 Å². The SMILES string of the molecule is COCCN(C(=O)c1sc(-c2cccc(Cl)c2)nc1C)C1CCS(=O)(=O)C1. The van der Waals surface area contributed by atoms with Crippen molar-refractivity contribution in [1.82, 2.24) is 9.88 Å². The Labute approximate surface area is 168 Å². The van der Waals surface area contributed by atoms with Crippen LogP contribution in [0.2, 0.25) is 5.02 Å². The molecule has 2 aromatic rings. The van der Waals surface area contributed by atoms with Gasteiger partial charge in [-0.15, -0.1) is 11.3 Å². The Morgan fingerprint density at radius 3 is 2.85 bits per heavy atom. The van der Waals surface area contributed by atoms with E-state index in [1.165, 1.54) is 11.3 Å². The van der Waals surface area contributed by atoms with E-state index in [0.717, 1.165) is 5.56 Å². The summed E-state index contributed by atoms with van der Waals surface area (Å²) < 4.78 is 28.9. The number of sulfone groups is 1. The number of carbonyl (C=O) groups excluding carboxylic acids is 1. The summed E-state index contributed by atoms with van der Waals surface area (Å²) in [5.74, 6) is -0.0804. The molecule has 1 aliphatic heterocycles. The topological polar surface area (TPSA) is 76.6 Å². The van der Waals surface area contributed by atoms with Crippen LogP contribution in [0.5, 0.6) is 0 Å². The number of aromatic nitrogens is 1. The number of aryl methyl sites for hydroxylation is 1. The number of nitrogens with zero attached hydrogens (tertiary/aromatic N) is 2. The lowest BCUT2D eigenvalue weighted by Crippen LogP contribution is -2.43. The van der Waals surface area contributed by atoms with Crippen molar-refractivity contribution in [3.63, 3.8) is 0 Å². The van der Waals surface area contributed by atoms with Gasteiger partial charge in [-0.05, 0) is 25.5 Å². The van der Waals surface area contributed by atoms with Crippen molar-refractivity contribution in [3.8, 4) is 10.6 Å². The number of carbonyl (C=O) groups is 1. The molecule has 0 bridgehead atoms. The summed E-state index contributed by atoms with van der Waals surface area (Å²) in [7, 11) is -1.54. The second-order valence-corrected chi connectivity index (χ2v) is 10.2. The first-order valence-corrected chi connectivity index (χ1v) is 11.6. The van der Waals surface area contributed by atoms with Gasteiger partial charge in [-0.2, -0.15) is 0 Å². The number of thiazole rings is 1. The fourth-order valence-electron chi connectivity index (χ4n) is 3.13. The van der Waals surface area contributed by atoms with Gasteiger partial charge >= 0.3 is 0 Å². The standard InChI is InChI=1S/C18H21ClN2O4S2/c1-12-16(26-17(20-12)13-4-3-5-14(19)10-13)18(22)21(7-8-25-2)15-6-9-27(23,24)11-15/h3-5,10,15H,6-9,11H2,1-2H3. The van der Waals surface area contributed by atoms with Crippen LogP contribution < -0.4 is 0 Å². The van der Waals surface area contributed by atoms with E-state index >= 15 is 0 Å². The summed E-state index contributed by atoms with van der Waals surface area (Å²) in [5, 5.41) is 1.31. The second-order valence-electron chi connectivity index (χ2n) is 6.49. The monoisotopic (exact) mass is 428 g/mol. The van der Waals surface area contributed by atoms with Gasteiger partial charge in [-0.3, -0.25) is 4.79 Å². The van der Waals surface area contributed by atoms with Gasteiger partial charge in [0.1, 0.15) is 9.88 Å². The number of hydrogen-bond acceptors (Lipinski definition) is 6. The zero-order valence-corrected chi connectivity index (χ0v) is 17.5. The molecular formula is C18H21ClN2O4S2. The molecular weight excluding hydrogens is 408 g/mol. The van der Waals surface area contributed by atoms with E-state index in [2.05, 4.69) is 4.98 Å². The third-order valence-corrected chi connectivity index (χ3v) is 7.69. The summed E-state index contributed by atoms with van der Waals surface area (Å²) in [6.07, 6.45) is 0.455. The highest BCUT2D eigenvalue weighted by atomic mass is 35.5. The van der Waals surface area contributed by atoms with E-state index in [1.807, 2.05) is 12.1 Å². The first-order chi connectivity index (χ1) is 12.8. The van der Waals surface area contributed by atoms with Gasteiger partial charge in [0, 0.05) is 30.3 Å². The fraction of sp³-hybridized carbons (Fsp3) is 0.444. The Morgan fingerprint density at radius 1 is 1.44 bits per heavy atom. The molecule has 6 nitrogen and oxygen atoms in total. The Kier molecular flexibility index (Phi) is 6.20. The number of hydrogen-bond donors (Lipinski definition) is 0. The molecule has 9 heteroatoms. The van der Waals surface area contributed by atoms with E-state index in [1.54, 1.807) is 31.1 Å². The average molecular weight is 429 g/mol. The van der Waals surface area contributed by atoms with Gasteiger partial charge in [-0.1, -0.05) is 23.7 Å². The van der Waals surface area contributed by atoms with Crippen LogP contribution in [0, 0.1) is 6.92 Å². The predicted octanol–water partition coefficient (Wildman–Crippen LogP) is 3.05. The second kappa shape index (κ2) is 8.26. The molecule has 27 heavy (non-hydrogen) atoms. The summed E-state index contributed by atoms with van der Waals surface area (Å²) in [4.78, 5) is 19.9. The van der Waals surface area contributed by atoms with Gasteiger partial charge in [-0.25, -0.2) is 13.4 Å². The highest BCUT2D eigenvalue weighted by Gasteiger charge is 2.36. The normalized spacial score (nSPS) is 18.6. The molecule has 0 radical (unpaired) electrons. The molecule has 1 aromatic carbocycles. The molecule has 1 unspecified atom stereocenters. The zero-order chi connectivity index (χ0) is 19.6. The van der Waals surface area contributed by atoms with Crippen LogP contribution in [-0.4, -0.2) is 62.0 Å². The largest absolute Gasteiger partial charge is 0.383 e. The van der Waals surface area contributed by atoms with Gasteiger partial charge in [0.2, 0.25) is 0 Å². The minimum absolute atomic E-state index is 0.00144. The minimum Gasteiger partial charge on any atom is -0.383 e. The maximum Gasteiger partial charge on any atom is 0.266 e. The highest BCUT2D eigenvalue weighted by Crippen LogP contribution is 2.31. The van der Waals surface area contributed by atoms with Crippen molar-refractivity contribution in [2.24, 2.45) is 0 Å². The maximum atomic E-state index is 13.2. The molecule has 1 saturated heterocycles. The summed E-state index contributed by atoms with van der Waals surface area (Å²) in [5.41, 5.74) is 1.48. The lowest BCUT2D eigenvalue weighted by molar-refractivity contribution is 0.0628. The quantitative estimate of drug-likeness (QED) is 0.706. The molecule has 0 spiro atoms. The molecule has 1 fully saturated rings. The fourth-order valence-corrected chi connectivity index (χ4v) is 6.07. The van der Waals surface area contributed by atoms with Crippen molar-refractivity contribution < 1.29 is 17.9 Å². The number of amides is 1. The number of halogens is 1. The van der Waals surface area contributed by atoms with Gasteiger partial charge in [0.15, 0.2) is 9.84 Å². The Hall–Kier alpha value is -1.48. The third kappa shape index (κ3) is 4.68. The molecule has 3 rings (SSSR count). The summed E-state index contributed by atoms with van der Waals surface area (Å²) >= 11 is 7.35. The molecule has 1 atom stereocenters. The molecule has 1 amide bonds. The Bertz CT molecular complexity index is 943. The van der Waals surface area contributed by atoms with Crippen LogP contribution in [0.4, 0.5) is 0 Å². The highest BCUT2D eigenvalue weighted by molar-refractivity contribution is 7.91. The van der Waals surface area contributed by atoms with Gasteiger partial charge in [0.25, 0.3) is 5.91 Å². The van der Waals surface area contributed by atoms with Crippen LogP contribution in [0.15, 0.2) is 24.3 Å². The van der Waals surface area contributed by atoms with E-state index in [9.17, 15) is 13.2 Å². The molecule has 0 aliphatic carbocycles. The third-order valence-electron chi connectivity index (χ3n) is 4.51. The van der Waals surface area contributed by atoms with E-state index < -0.39 is 9.84 Å². The maximum absolute atomic E-state index is 13.2. The van der Waals surface area contributed by atoms with Crippen LogP contribution in [-0.2, 0) is 14.6 Å². The average Bonchev–Trinajstić information content (AvgIpc) is 3.17. The molecule has 0 saturated carbocycles. The van der Waals surface area contributed by atoms with E-state index in [0.29, 0.717) is 40.2 Å². The van der Waals surface area contributed by atoms with Crippen molar-refractivity contribution in [1.29, 1.82) is 0 Å². The predicted molar refractivity (Wildman–Crippen MR) is 107 cm³/mol. The lowest BCUT2D eigenvalue weighted by atomic mass is 10.2. The molecule has 1 aliphatic rings. The molecule has 1 aromatic heterocycles. The smallest absolute Gasteiger partial charge is 0.266 e. The van der Waals surface area contributed by atoms with Gasteiger partial charge < -0.3 is 9.64 Å². The number of methoxy groups -OCH3 is 1. The van der Waals surface area contributed by atoms with Crippen molar-refractivity contribution in [3.05, 3.63) is 39.9 Å². The van der Waals surface area contributed by atoms with Crippen LogP contribution in [0.3, 0.4) is 0 Å². The Morgan fingerprint density at radius 2 is 2.22 bits per heavy atom. The zero-order valence-electron chi connectivity index (χ0n) is 15.1. The Balaban J connectivity index is 1.89. The number of benzene rings is 1. The molecule has 0 N–H and O–H groups in total. The number of rotatable bonds is 6. The lowest BCUT2D eigenvalue weighted by Gasteiger charge is -2.27. The first kappa shape index (κ1) is 20.3.